The monoisotopic (exact) mass is 325 g/mol. The molecule has 2 atom stereocenters. The van der Waals surface area contributed by atoms with Gasteiger partial charge in [-0.05, 0) is 38.0 Å². The number of piperidine rings is 1. The Morgan fingerprint density at radius 2 is 2.18 bits per heavy atom. The van der Waals surface area contributed by atoms with E-state index in [9.17, 15) is 9.59 Å². The summed E-state index contributed by atoms with van der Waals surface area (Å²) < 4.78 is 10.4. The quantitative estimate of drug-likeness (QED) is 0.798. The van der Waals surface area contributed by atoms with Crippen molar-refractivity contribution >= 4 is 23.5 Å². The molecule has 1 aliphatic rings. The van der Waals surface area contributed by atoms with Crippen molar-refractivity contribution in [1.29, 1.82) is 0 Å². The number of likely N-dealkylation sites (tertiary alicyclic amines) is 1. The third-order valence-electron chi connectivity index (χ3n) is 3.72. The molecule has 1 fully saturated rings. The Balaban J connectivity index is 1.96. The third kappa shape index (κ3) is 4.13. The zero-order valence-electron chi connectivity index (χ0n) is 12.8. The summed E-state index contributed by atoms with van der Waals surface area (Å²) in [5.74, 6) is -0.0922. The van der Waals surface area contributed by atoms with E-state index in [-0.39, 0.29) is 17.8 Å². The molecule has 0 saturated carbocycles. The van der Waals surface area contributed by atoms with Gasteiger partial charge >= 0.3 is 5.97 Å². The van der Waals surface area contributed by atoms with Crippen LogP contribution in [0.3, 0.4) is 0 Å². The molecule has 22 heavy (non-hydrogen) atoms. The molecule has 2 unspecified atom stereocenters. The molecule has 1 aromatic carbocycles. The minimum absolute atomic E-state index is 0.131. The summed E-state index contributed by atoms with van der Waals surface area (Å²) in [4.78, 5) is 25.8. The number of esters is 1. The summed E-state index contributed by atoms with van der Waals surface area (Å²) in [6, 6.07) is 6.93. The predicted octanol–water partition coefficient (Wildman–Crippen LogP) is 2.52. The lowest BCUT2D eigenvalue weighted by molar-refractivity contribution is -0.150. The van der Waals surface area contributed by atoms with Crippen LogP contribution in [0, 0.1) is 5.92 Å². The van der Waals surface area contributed by atoms with Gasteiger partial charge in [0.05, 0.1) is 13.0 Å². The van der Waals surface area contributed by atoms with Gasteiger partial charge in [-0.3, -0.25) is 9.59 Å². The Morgan fingerprint density at radius 3 is 2.86 bits per heavy atom. The zero-order chi connectivity index (χ0) is 16.1. The summed E-state index contributed by atoms with van der Waals surface area (Å²) >= 11 is 5.90. The highest BCUT2D eigenvalue weighted by Crippen LogP contribution is 2.21. The summed E-state index contributed by atoms with van der Waals surface area (Å²) in [6.45, 7) is 2.72. The Kier molecular flexibility index (Phi) is 5.66. The largest absolute Gasteiger partial charge is 0.481 e. The van der Waals surface area contributed by atoms with Crippen LogP contribution in [0.4, 0.5) is 0 Å². The van der Waals surface area contributed by atoms with Gasteiger partial charge < -0.3 is 14.4 Å². The molecule has 5 nitrogen and oxygen atoms in total. The summed E-state index contributed by atoms with van der Waals surface area (Å²) in [5.41, 5.74) is 0. The van der Waals surface area contributed by atoms with E-state index in [4.69, 9.17) is 21.1 Å². The van der Waals surface area contributed by atoms with E-state index in [1.54, 1.807) is 36.1 Å². The molecule has 0 aliphatic carbocycles. The van der Waals surface area contributed by atoms with Gasteiger partial charge in [0.25, 0.3) is 5.91 Å². The lowest BCUT2D eigenvalue weighted by Gasteiger charge is -2.33. The van der Waals surface area contributed by atoms with Crippen molar-refractivity contribution in [2.45, 2.75) is 25.9 Å². The molecule has 0 bridgehead atoms. The van der Waals surface area contributed by atoms with E-state index < -0.39 is 6.10 Å². The van der Waals surface area contributed by atoms with Gasteiger partial charge in [0.1, 0.15) is 5.75 Å². The van der Waals surface area contributed by atoms with Crippen LogP contribution in [-0.4, -0.2) is 43.1 Å². The topological polar surface area (TPSA) is 55.8 Å². The standard InChI is InChI=1S/C16H20ClNO4/c1-11(22-14-7-3-6-13(17)9-14)15(19)18-8-4-5-12(10-18)16(20)21-2/h3,6-7,9,11-12H,4-5,8,10H2,1-2H3. The van der Waals surface area contributed by atoms with Crippen LogP contribution < -0.4 is 4.74 Å². The first-order valence-electron chi connectivity index (χ1n) is 7.30. The Labute approximate surface area is 135 Å². The molecule has 0 N–H and O–H groups in total. The maximum absolute atomic E-state index is 12.5. The van der Waals surface area contributed by atoms with Gasteiger partial charge in [-0.15, -0.1) is 0 Å². The van der Waals surface area contributed by atoms with E-state index >= 15 is 0 Å². The second-order valence-corrected chi connectivity index (χ2v) is 5.80. The highest BCUT2D eigenvalue weighted by atomic mass is 35.5. The molecular formula is C16H20ClNO4. The molecule has 1 saturated heterocycles. The molecule has 2 rings (SSSR count). The molecule has 6 heteroatoms. The van der Waals surface area contributed by atoms with Crippen molar-refractivity contribution in [2.24, 2.45) is 5.92 Å². The van der Waals surface area contributed by atoms with Crippen molar-refractivity contribution in [3.05, 3.63) is 29.3 Å². The number of rotatable bonds is 4. The highest BCUT2D eigenvalue weighted by molar-refractivity contribution is 6.30. The first kappa shape index (κ1) is 16.6. The Hall–Kier alpha value is -1.75. The van der Waals surface area contributed by atoms with Crippen LogP contribution in [0.15, 0.2) is 24.3 Å². The van der Waals surface area contributed by atoms with Crippen molar-refractivity contribution in [2.75, 3.05) is 20.2 Å². The van der Waals surface area contributed by atoms with E-state index in [2.05, 4.69) is 0 Å². The van der Waals surface area contributed by atoms with Gasteiger partial charge in [0.2, 0.25) is 0 Å². The number of benzene rings is 1. The number of ether oxygens (including phenoxy) is 2. The fourth-order valence-corrected chi connectivity index (χ4v) is 2.77. The average molecular weight is 326 g/mol. The smallest absolute Gasteiger partial charge is 0.310 e. The van der Waals surface area contributed by atoms with Crippen LogP contribution in [0.2, 0.25) is 5.02 Å². The molecule has 1 amide bonds. The fourth-order valence-electron chi connectivity index (χ4n) is 2.59. The van der Waals surface area contributed by atoms with Crippen LogP contribution in [0.5, 0.6) is 5.75 Å². The van der Waals surface area contributed by atoms with Gasteiger partial charge in [-0.25, -0.2) is 0 Å². The van der Waals surface area contributed by atoms with Gasteiger partial charge in [-0.1, -0.05) is 17.7 Å². The second-order valence-electron chi connectivity index (χ2n) is 5.36. The van der Waals surface area contributed by atoms with Gasteiger partial charge in [0.15, 0.2) is 6.10 Å². The molecule has 0 radical (unpaired) electrons. The Morgan fingerprint density at radius 1 is 1.41 bits per heavy atom. The summed E-state index contributed by atoms with van der Waals surface area (Å²) in [5, 5.41) is 0.556. The maximum atomic E-state index is 12.5. The van der Waals surface area contributed by atoms with E-state index in [1.165, 1.54) is 7.11 Å². The number of amides is 1. The summed E-state index contributed by atoms with van der Waals surface area (Å²) in [6.07, 6.45) is 0.907. The van der Waals surface area contributed by atoms with E-state index in [1.807, 2.05) is 0 Å². The minimum Gasteiger partial charge on any atom is -0.481 e. The number of hydrogen-bond acceptors (Lipinski definition) is 4. The van der Waals surface area contributed by atoms with Crippen molar-refractivity contribution in [3.8, 4) is 5.75 Å². The highest BCUT2D eigenvalue weighted by Gasteiger charge is 2.31. The van der Waals surface area contributed by atoms with Gasteiger partial charge in [0, 0.05) is 18.1 Å². The zero-order valence-corrected chi connectivity index (χ0v) is 13.5. The number of nitrogens with zero attached hydrogens (tertiary/aromatic N) is 1. The lowest BCUT2D eigenvalue weighted by atomic mass is 9.98. The maximum Gasteiger partial charge on any atom is 0.310 e. The lowest BCUT2D eigenvalue weighted by Crippen LogP contribution is -2.47. The predicted molar refractivity (Wildman–Crippen MR) is 82.9 cm³/mol. The van der Waals surface area contributed by atoms with Gasteiger partial charge in [-0.2, -0.15) is 0 Å². The third-order valence-corrected chi connectivity index (χ3v) is 3.96. The van der Waals surface area contributed by atoms with Crippen LogP contribution in [-0.2, 0) is 14.3 Å². The first-order chi connectivity index (χ1) is 10.5. The summed E-state index contributed by atoms with van der Waals surface area (Å²) in [7, 11) is 1.37. The number of methoxy groups -OCH3 is 1. The van der Waals surface area contributed by atoms with Crippen LogP contribution in [0.1, 0.15) is 19.8 Å². The number of halogens is 1. The fraction of sp³-hybridized carbons (Fsp3) is 0.500. The minimum atomic E-state index is -0.630. The molecule has 0 aromatic heterocycles. The normalized spacial score (nSPS) is 19.4. The second kappa shape index (κ2) is 7.49. The number of carbonyl (C=O) groups excluding carboxylic acids is 2. The molecular weight excluding hydrogens is 306 g/mol. The van der Waals surface area contributed by atoms with Crippen LogP contribution in [0.25, 0.3) is 0 Å². The number of carbonyl (C=O) groups is 2. The van der Waals surface area contributed by atoms with Crippen molar-refractivity contribution < 1.29 is 19.1 Å². The molecule has 1 aromatic rings. The Bertz CT molecular complexity index is 549. The van der Waals surface area contributed by atoms with Crippen LogP contribution >= 0.6 is 11.6 Å². The SMILES string of the molecule is COC(=O)C1CCCN(C(=O)C(C)Oc2cccc(Cl)c2)C1. The molecule has 120 valence electrons. The molecule has 1 aliphatic heterocycles. The molecule has 1 heterocycles. The average Bonchev–Trinajstić information content (AvgIpc) is 2.53. The number of hydrogen-bond donors (Lipinski definition) is 0. The molecule has 0 spiro atoms. The van der Waals surface area contributed by atoms with Crippen molar-refractivity contribution in [1.82, 2.24) is 4.90 Å². The van der Waals surface area contributed by atoms with Crippen molar-refractivity contribution in [3.63, 3.8) is 0 Å². The van der Waals surface area contributed by atoms with E-state index in [0.29, 0.717) is 23.9 Å². The first-order valence-corrected chi connectivity index (χ1v) is 7.68. The van der Waals surface area contributed by atoms with E-state index in [0.717, 1.165) is 12.8 Å².